The zero-order valence-corrected chi connectivity index (χ0v) is 4.10. The molecule has 1 radical (unpaired) electrons. The second kappa shape index (κ2) is 2.60. The third-order valence-electron chi connectivity index (χ3n) is 0.475. The quantitative estimate of drug-likeness (QED) is 0.297. The zero-order chi connectivity index (χ0) is 7.44. The van der Waals surface area contributed by atoms with Gasteiger partial charge in [-0.3, -0.25) is 20.2 Å². The summed E-state index contributed by atoms with van der Waals surface area (Å²) in [6.45, 7) is 0. The van der Waals surface area contributed by atoms with Crippen LogP contribution in [0.15, 0.2) is 5.82 Å². The molecular weight excluding hydrogens is 130 g/mol. The fourth-order valence-electron chi connectivity index (χ4n) is 0.172. The first-order chi connectivity index (χ1) is 4.09. The molecule has 0 saturated heterocycles. The minimum absolute atomic E-state index is 1.22. The number of rotatable bonds is 2. The molecule has 0 unspecified atom stereocenters. The molecule has 0 rings (SSSR count). The molecule has 2 N–H and O–H groups in total. The van der Waals surface area contributed by atoms with Crippen molar-refractivity contribution in [2.45, 2.75) is 0 Å². The van der Waals surface area contributed by atoms with Gasteiger partial charge in [0.25, 0.3) is 0 Å². The molecule has 0 saturated carbocycles. The molecular formula is C2H2N3O4. The van der Waals surface area contributed by atoms with E-state index in [1.54, 1.807) is 0 Å². The molecule has 0 aromatic heterocycles. The standard InChI is InChI=1S/C2H2N3O4/c3-1-2(4(6)7)5(8)9/h3H2. The van der Waals surface area contributed by atoms with Gasteiger partial charge in [-0.2, -0.15) is 0 Å². The van der Waals surface area contributed by atoms with Crippen LogP contribution >= 0.6 is 0 Å². The van der Waals surface area contributed by atoms with E-state index >= 15 is 0 Å². The predicted molar refractivity (Wildman–Crippen MR) is 24.9 cm³/mol. The molecule has 0 aromatic carbocycles. The zero-order valence-electron chi connectivity index (χ0n) is 4.10. The highest BCUT2D eigenvalue weighted by atomic mass is 16.7. The minimum Gasteiger partial charge on any atom is -0.385 e. The average Bonchev–Trinajstić information content (AvgIpc) is 1.64. The third-order valence-corrected chi connectivity index (χ3v) is 0.475. The Morgan fingerprint density at radius 3 is 1.67 bits per heavy atom. The van der Waals surface area contributed by atoms with Crippen LogP contribution in [0.25, 0.3) is 0 Å². The second-order valence-electron chi connectivity index (χ2n) is 0.982. The van der Waals surface area contributed by atoms with Gasteiger partial charge in [-0.15, -0.1) is 0 Å². The molecule has 9 heavy (non-hydrogen) atoms. The summed E-state index contributed by atoms with van der Waals surface area (Å²) in [7, 11) is 0. The van der Waals surface area contributed by atoms with Crippen molar-refractivity contribution in [3.8, 4) is 0 Å². The van der Waals surface area contributed by atoms with E-state index in [2.05, 4.69) is 5.73 Å². The Hall–Kier alpha value is -1.66. The highest BCUT2D eigenvalue weighted by Gasteiger charge is 2.24. The molecule has 0 aliphatic heterocycles. The van der Waals surface area contributed by atoms with Crippen molar-refractivity contribution >= 4 is 0 Å². The topological polar surface area (TPSA) is 112 Å². The van der Waals surface area contributed by atoms with Crippen molar-refractivity contribution in [1.29, 1.82) is 0 Å². The molecule has 0 spiro atoms. The van der Waals surface area contributed by atoms with Gasteiger partial charge in [0.2, 0.25) is 6.20 Å². The molecule has 7 nitrogen and oxygen atoms in total. The number of nitrogens with two attached hydrogens (primary N) is 1. The van der Waals surface area contributed by atoms with E-state index in [0.29, 0.717) is 0 Å². The van der Waals surface area contributed by atoms with E-state index in [4.69, 9.17) is 0 Å². The summed E-state index contributed by atoms with van der Waals surface area (Å²) in [5.41, 5.74) is 4.40. The van der Waals surface area contributed by atoms with Crippen molar-refractivity contribution in [3.05, 3.63) is 32.2 Å². The molecule has 0 fully saturated rings. The van der Waals surface area contributed by atoms with Crippen LogP contribution < -0.4 is 5.73 Å². The van der Waals surface area contributed by atoms with E-state index in [-0.39, 0.29) is 0 Å². The van der Waals surface area contributed by atoms with Crippen LogP contribution in [0.1, 0.15) is 0 Å². The maximum atomic E-state index is 9.56. The molecule has 0 bridgehead atoms. The fourth-order valence-corrected chi connectivity index (χ4v) is 0.172. The summed E-state index contributed by atoms with van der Waals surface area (Å²) in [6.07, 6.45) is 1.32. The van der Waals surface area contributed by atoms with E-state index in [0.717, 1.165) is 0 Å². The van der Waals surface area contributed by atoms with Gasteiger partial charge in [0, 0.05) is 0 Å². The maximum absolute atomic E-state index is 9.56. The smallest absolute Gasteiger partial charge is 0.385 e. The van der Waals surface area contributed by atoms with Crippen LogP contribution in [0, 0.1) is 26.4 Å². The van der Waals surface area contributed by atoms with Crippen molar-refractivity contribution in [1.82, 2.24) is 0 Å². The maximum Gasteiger partial charge on any atom is 0.584 e. The normalized spacial score (nSPS) is 8.00. The number of hydrogen-bond acceptors (Lipinski definition) is 5. The Bertz CT molecular complexity index is 157. The number of nitrogens with zero attached hydrogens (tertiary/aromatic N) is 2. The first kappa shape index (κ1) is 7.34. The highest BCUT2D eigenvalue weighted by molar-refractivity contribution is 4.65. The summed E-state index contributed by atoms with van der Waals surface area (Å²) in [4.78, 5) is 16.7. The van der Waals surface area contributed by atoms with Crippen LogP contribution in [0.3, 0.4) is 0 Å². The van der Waals surface area contributed by atoms with Crippen molar-refractivity contribution in [2.75, 3.05) is 0 Å². The van der Waals surface area contributed by atoms with Crippen LogP contribution in [-0.4, -0.2) is 9.85 Å². The van der Waals surface area contributed by atoms with Crippen LogP contribution in [0.2, 0.25) is 0 Å². The monoisotopic (exact) mass is 132 g/mol. The summed E-state index contributed by atoms with van der Waals surface area (Å²) in [6, 6.07) is 0. The van der Waals surface area contributed by atoms with Gasteiger partial charge in [0.15, 0.2) is 0 Å². The third kappa shape index (κ3) is 1.72. The van der Waals surface area contributed by atoms with Gasteiger partial charge in [-0.25, -0.2) is 0 Å². The van der Waals surface area contributed by atoms with Gasteiger partial charge >= 0.3 is 5.82 Å². The molecule has 49 valence electrons. The molecule has 0 atom stereocenters. The Morgan fingerprint density at radius 1 is 1.33 bits per heavy atom. The minimum atomic E-state index is -1.34. The second-order valence-corrected chi connectivity index (χ2v) is 0.982. The number of hydrogen-bond donors (Lipinski definition) is 1. The van der Waals surface area contributed by atoms with Crippen LogP contribution in [-0.2, 0) is 0 Å². The van der Waals surface area contributed by atoms with Gasteiger partial charge in [-0.05, 0) is 0 Å². The first-order valence-corrected chi connectivity index (χ1v) is 1.72. The van der Waals surface area contributed by atoms with Crippen LogP contribution in [0.4, 0.5) is 0 Å². The van der Waals surface area contributed by atoms with E-state index in [1.807, 2.05) is 0 Å². The van der Waals surface area contributed by atoms with E-state index < -0.39 is 15.7 Å². The molecule has 0 aliphatic carbocycles. The summed E-state index contributed by atoms with van der Waals surface area (Å²) >= 11 is 0. The molecule has 0 amide bonds. The van der Waals surface area contributed by atoms with Gasteiger partial charge in [-0.1, -0.05) is 0 Å². The Labute approximate surface area is 49.1 Å². The lowest BCUT2D eigenvalue weighted by atomic mass is 10.8. The van der Waals surface area contributed by atoms with Crippen molar-refractivity contribution < 1.29 is 9.85 Å². The average molecular weight is 132 g/mol. The lowest BCUT2D eigenvalue weighted by molar-refractivity contribution is -0.617. The molecule has 0 aliphatic rings. The highest BCUT2D eigenvalue weighted by Crippen LogP contribution is 1.90. The Balaban J connectivity index is 4.38. The van der Waals surface area contributed by atoms with Gasteiger partial charge < -0.3 is 5.73 Å². The molecule has 0 aromatic rings. The van der Waals surface area contributed by atoms with Crippen molar-refractivity contribution in [3.63, 3.8) is 0 Å². The van der Waals surface area contributed by atoms with Gasteiger partial charge in [0.1, 0.15) is 9.85 Å². The summed E-state index contributed by atoms with van der Waals surface area (Å²) in [5.74, 6) is -1.34. The summed E-state index contributed by atoms with van der Waals surface area (Å²) < 4.78 is 0. The van der Waals surface area contributed by atoms with Crippen LogP contribution in [0.5, 0.6) is 0 Å². The number of nitro groups is 2. The molecule has 0 heterocycles. The lowest BCUT2D eigenvalue weighted by Crippen LogP contribution is -2.11. The Kier molecular flexibility index (Phi) is 2.12. The van der Waals surface area contributed by atoms with Crippen molar-refractivity contribution in [2.24, 2.45) is 5.73 Å². The van der Waals surface area contributed by atoms with Gasteiger partial charge in [0.05, 0.1) is 0 Å². The Morgan fingerprint density at radius 2 is 1.67 bits per heavy atom. The summed E-state index contributed by atoms with van der Waals surface area (Å²) in [5, 5.41) is 19.1. The van der Waals surface area contributed by atoms with E-state index in [1.165, 1.54) is 6.20 Å². The lowest BCUT2D eigenvalue weighted by Gasteiger charge is -1.81. The largest absolute Gasteiger partial charge is 0.584 e. The SMILES string of the molecule is N[C]=C([N+](=O)[O-])[N+](=O)[O-]. The predicted octanol–water partition coefficient (Wildman–Crippen LogP) is -0.899. The first-order valence-electron chi connectivity index (χ1n) is 1.72. The fraction of sp³-hybridized carbons (Fsp3) is 0. The molecule has 7 heteroatoms. The van der Waals surface area contributed by atoms with E-state index in [9.17, 15) is 20.2 Å².